The van der Waals surface area contributed by atoms with Crippen molar-refractivity contribution in [1.29, 1.82) is 0 Å². The molecule has 0 saturated heterocycles. The molecule has 0 unspecified atom stereocenters. The van der Waals surface area contributed by atoms with Crippen LogP contribution in [0.3, 0.4) is 0 Å². The van der Waals surface area contributed by atoms with Crippen LogP contribution in [0.1, 0.15) is 20.7 Å². The third kappa shape index (κ3) is 3.87. The summed E-state index contributed by atoms with van der Waals surface area (Å²) in [5, 5.41) is 2.09. The highest BCUT2D eigenvalue weighted by Crippen LogP contribution is 2.14. The number of aromatic nitrogens is 1. The van der Waals surface area contributed by atoms with E-state index in [4.69, 9.17) is 23.2 Å². The van der Waals surface area contributed by atoms with Crippen LogP contribution in [-0.2, 0) is 0 Å². The lowest BCUT2D eigenvalue weighted by Gasteiger charge is -2.14. The van der Waals surface area contributed by atoms with Gasteiger partial charge in [0, 0.05) is 33.3 Å². The molecule has 0 radical (unpaired) electrons. The molecule has 3 rings (SSSR count). The predicted molar refractivity (Wildman–Crippen MR) is 96.4 cm³/mol. The molecule has 2 amide bonds. The molecule has 0 spiro atoms. The number of nitrogens with zero attached hydrogens (tertiary/aromatic N) is 2. The van der Waals surface area contributed by atoms with Gasteiger partial charge in [0.2, 0.25) is 12.4 Å². The van der Waals surface area contributed by atoms with Gasteiger partial charge in [-0.05, 0) is 53.5 Å². The lowest BCUT2D eigenvalue weighted by Crippen LogP contribution is -2.63. The van der Waals surface area contributed by atoms with E-state index in [1.807, 2.05) is 0 Å². The molecule has 6 heteroatoms. The Morgan fingerprint density at radius 1 is 0.680 bits per heavy atom. The van der Waals surface area contributed by atoms with E-state index in [1.54, 1.807) is 79.1 Å². The number of hydrogen-bond donors (Lipinski definition) is 0. The van der Waals surface area contributed by atoms with E-state index < -0.39 is 11.8 Å². The minimum atomic E-state index is -0.465. The Balaban J connectivity index is 2.03. The number of halogens is 2. The standard InChI is InChI=1S/C19H13Cl2N2O2/c20-16-8-4-14(5-9-16)18(24)23(22-12-2-1-3-13-22)19(25)15-6-10-17(21)11-7-15/h1-13H/q+1. The largest absolute Gasteiger partial charge is 0.318 e. The first-order valence-electron chi connectivity index (χ1n) is 7.43. The Kier molecular flexibility index (Phi) is 5.12. The van der Waals surface area contributed by atoms with Gasteiger partial charge in [-0.15, -0.1) is 0 Å². The Labute approximate surface area is 154 Å². The third-order valence-electron chi connectivity index (χ3n) is 3.50. The van der Waals surface area contributed by atoms with Crippen LogP contribution in [0, 0.1) is 0 Å². The molecule has 124 valence electrons. The maximum atomic E-state index is 13.0. The van der Waals surface area contributed by atoms with Gasteiger partial charge < -0.3 is 0 Å². The maximum absolute atomic E-state index is 13.0. The summed E-state index contributed by atoms with van der Waals surface area (Å²) in [5.41, 5.74) is 0.700. The summed E-state index contributed by atoms with van der Waals surface area (Å²) in [7, 11) is 0. The number of benzene rings is 2. The molecule has 1 heterocycles. The summed E-state index contributed by atoms with van der Waals surface area (Å²) in [4.78, 5) is 25.9. The van der Waals surface area contributed by atoms with Crippen molar-refractivity contribution in [3.63, 3.8) is 0 Å². The third-order valence-corrected chi connectivity index (χ3v) is 4.00. The van der Waals surface area contributed by atoms with E-state index in [0.29, 0.717) is 21.2 Å². The Morgan fingerprint density at radius 2 is 1.08 bits per heavy atom. The molecule has 0 atom stereocenters. The van der Waals surface area contributed by atoms with E-state index in [2.05, 4.69) is 0 Å². The van der Waals surface area contributed by atoms with E-state index in [-0.39, 0.29) is 0 Å². The zero-order chi connectivity index (χ0) is 17.8. The Morgan fingerprint density at radius 3 is 1.48 bits per heavy atom. The molecule has 0 aliphatic carbocycles. The normalized spacial score (nSPS) is 10.3. The lowest BCUT2D eigenvalue weighted by molar-refractivity contribution is -0.671. The minimum absolute atomic E-state index is 0.350. The van der Waals surface area contributed by atoms with E-state index >= 15 is 0 Å². The molecule has 0 fully saturated rings. The van der Waals surface area contributed by atoms with Crippen molar-refractivity contribution in [3.05, 3.63) is 100 Å². The molecular formula is C19H13Cl2N2O2+. The second-order valence-electron chi connectivity index (χ2n) is 5.19. The topological polar surface area (TPSA) is 41.3 Å². The van der Waals surface area contributed by atoms with Crippen molar-refractivity contribution >= 4 is 35.0 Å². The van der Waals surface area contributed by atoms with Crippen LogP contribution in [0.15, 0.2) is 79.1 Å². The van der Waals surface area contributed by atoms with Gasteiger partial charge in [0.15, 0.2) is 0 Å². The highest BCUT2D eigenvalue weighted by atomic mass is 35.5. The van der Waals surface area contributed by atoms with Crippen molar-refractivity contribution in [2.24, 2.45) is 0 Å². The number of pyridine rings is 1. The second kappa shape index (κ2) is 7.47. The highest BCUT2D eigenvalue weighted by molar-refractivity contribution is 6.31. The fourth-order valence-electron chi connectivity index (χ4n) is 2.25. The summed E-state index contributed by atoms with van der Waals surface area (Å²) in [6.45, 7) is 0. The quantitative estimate of drug-likeness (QED) is 0.517. The molecule has 25 heavy (non-hydrogen) atoms. The lowest BCUT2D eigenvalue weighted by atomic mass is 10.1. The molecular weight excluding hydrogens is 359 g/mol. The van der Waals surface area contributed by atoms with Crippen LogP contribution in [0.5, 0.6) is 0 Å². The van der Waals surface area contributed by atoms with Crippen molar-refractivity contribution < 1.29 is 14.3 Å². The Hall–Kier alpha value is -2.69. The zero-order valence-corrected chi connectivity index (χ0v) is 14.5. The summed E-state index contributed by atoms with van der Waals surface area (Å²) >= 11 is 11.8. The average molecular weight is 372 g/mol. The van der Waals surface area contributed by atoms with Crippen LogP contribution in [0.25, 0.3) is 0 Å². The second-order valence-corrected chi connectivity index (χ2v) is 6.06. The van der Waals surface area contributed by atoms with Gasteiger partial charge in [0.1, 0.15) is 0 Å². The van der Waals surface area contributed by atoms with Crippen molar-refractivity contribution in [1.82, 2.24) is 0 Å². The number of amides is 2. The molecule has 0 aliphatic heterocycles. The van der Waals surface area contributed by atoms with Crippen molar-refractivity contribution in [3.8, 4) is 0 Å². The zero-order valence-electron chi connectivity index (χ0n) is 13.0. The van der Waals surface area contributed by atoms with Crippen LogP contribution in [0.2, 0.25) is 10.0 Å². The first-order valence-corrected chi connectivity index (χ1v) is 8.18. The summed E-state index contributed by atoms with van der Waals surface area (Å²) < 4.78 is 1.44. The minimum Gasteiger partial charge on any atom is -0.263 e. The number of carbonyl (C=O) groups is 2. The van der Waals surface area contributed by atoms with E-state index in [0.717, 1.165) is 5.01 Å². The molecule has 4 nitrogen and oxygen atoms in total. The SMILES string of the molecule is O=C(c1ccc(Cl)cc1)N(C(=O)c1ccc(Cl)cc1)[n+]1ccccc1. The molecule has 1 aromatic heterocycles. The first kappa shape index (κ1) is 17.1. The van der Waals surface area contributed by atoms with Gasteiger partial charge in [0.05, 0.1) is 0 Å². The Bertz CT molecular complexity index is 837. The fraction of sp³-hybridized carbons (Fsp3) is 0. The van der Waals surface area contributed by atoms with Gasteiger partial charge in [-0.25, -0.2) is 0 Å². The monoisotopic (exact) mass is 371 g/mol. The predicted octanol–water partition coefficient (Wildman–Crippen LogP) is 3.90. The molecule has 2 aromatic carbocycles. The van der Waals surface area contributed by atoms with Gasteiger partial charge in [-0.3, -0.25) is 9.59 Å². The molecule has 0 N–H and O–H groups in total. The number of rotatable bonds is 3. The van der Waals surface area contributed by atoms with Crippen molar-refractivity contribution in [2.75, 3.05) is 5.01 Å². The van der Waals surface area contributed by atoms with Gasteiger partial charge in [-0.1, -0.05) is 33.9 Å². The van der Waals surface area contributed by atoms with Gasteiger partial charge in [-0.2, -0.15) is 0 Å². The van der Waals surface area contributed by atoms with E-state index in [9.17, 15) is 9.59 Å². The number of carbonyl (C=O) groups excluding carboxylic acids is 2. The molecule has 0 saturated carbocycles. The van der Waals surface area contributed by atoms with Crippen LogP contribution in [0.4, 0.5) is 0 Å². The fourth-order valence-corrected chi connectivity index (χ4v) is 2.51. The average Bonchev–Trinajstić information content (AvgIpc) is 2.64. The molecule has 0 aliphatic rings. The molecule has 0 bridgehead atoms. The first-order chi connectivity index (χ1) is 12.1. The van der Waals surface area contributed by atoms with Crippen molar-refractivity contribution in [2.45, 2.75) is 0 Å². The maximum Gasteiger partial charge on any atom is 0.318 e. The van der Waals surface area contributed by atoms with E-state index in [1.165, 1.54) is 4.68 Å². The number of hydrogen-bond acceptors (Lipinski definition) is 2. The summed E-state index contributed by atoms with van der Waals surface area (Å²) in [5.74, 6) is -0.930. The van der Waals surface area contributed by atoms with Gasteiger partial charge >= 0.3 is 11.8 Å². The molecule has 3 aromatic rings. The number of imide groups is 1. The summed E-state index contributed by atoms with van der Waals surface area (Å²) in [6, 6.07) is 18.0. The highest BCUT2D eigenvalue weighted by Gasteiger charge is 2.32. The van der Waals surface area contributed by atoms with Gasteiger partial charge in [0.25, 0.3) is 0 Å². The summed E-state index contributed by atoms with van der Waals surface area (Å²) in [6.07, 6.45) is 3.25. The van der Waals surface area contributed by atoms with Crippen LogP contribution >= 0.6 is 23.2 Å². The van der Waals surface area contributed by atoms with Crippen LogP contribution in [-0.4, -0.2) is 11.8 Å². The smallest absolute Gasteiger partial charge is 0.263 e. The van der Waals surface area contributed by atoms with Crippen LogP contribution < -0.4 is 9.69 Å².